The van der Waals surface area contributed by atoms with E-state index in [2.05, 4.69) is 20.4 Å². The maximum Gasteiger partial charge on any atom is 0.407 e. The highest BCUT2D eigenvalue weighted by Crippen LogP contribution is 2.33. The van der Waals surface area contributed by atoms with E-state index in [0.29, 0.717) is 31.0 Å². The molecule has 0 unspecified atom stereocenters. The Hall–Kier alpha value is -3.76. The number of fused-ring (bicyclic) bond motifs is 1. The number of aryl methyl sites for hydroxylation is 2. The van der Waals surface area contributed by atoms with Crippen LogP contribution in [0, 0.1) is 25.1 Å². The van der Waals surface area contributed by atoms with E-state index in [-0.39, 0.29) is 29.5 Å². The molecule has 2 amide bonds. The molecule has 3 heterocycles. The van der Waals surface area contributed by atoms with Gasteiger partial charge in [0.1, 0.15) is 17.7 Å². The zero-order valence-electron chi connectivity index (χ0n) is 20.4. The quantitative estimate of drug-likeness (QED) is 0.571. The fraction of sp³-hybridized carbons (Fsp3) is 0.458. The molecule has 0 radical (unpaired) electrons. The third kappa shape index (κ3) is 4.89. The normalized spacial score (nSPS) is 14.9. The average molecular weight is 485 g/mol. The van der Waals surface area contributed by atoms with Gasteiger partial charge in [0.2, 0.25) is 5.89 Å². The number of hydrogen-bond acceptors (Lipinski definition) is 6. The highest BCUT2D eigenvalue weighted by atomic mass is 19.1. The number of nitrogens with zero attached hydrogens (tertiary/aromatic N) is 5. The van der Waals surface area contributed by atoms with Crippen LogP contribution in [-0.4, -0.2) is 48.2 Å². The van der Waals surface area contributed by atoms with Gasteiger partial charge in [0.05, 0.1) is 17.8 Å². The molecule has 35 heavy (non-hydrogen) atoms. The van der Waals surface area contributed by atoms with Gasteiger partial charge in [-0.1, -0.05) is 32.0 Å². The molecule has 10 nitrogen and oxygen atoms in total. The molecule has 0 bridgehead atoms. The summed E-state index contributed by atoms with van der Waals surface area (Å²) < 4.78 is 22.0. The van der Waals surface area contributed by atoms with Crippen molar-refractivity contribution in [3.8, 4) is 11.4 Å². The van der Waals surface area contributed by atoms with E-state index in [1.807, 2.05) is 20.8 Å². The van der Waals surface area contributed by atoms with Crippen LogP contribution in [0.2, 0.25) is 0 Å². The van der Waals surface area contributed by atoms with Gasteiger partial charge < -0.3 is 24.4 Å². The van der Waals surface area contributed by atoms with E-state index < -0.39 is 29.3 Å². The van der Waals surface area contributed by atoms with Crippen LogP contribution < -0.4 is 5.32 Å². The lowest BCUT2D eigenvalue weighted by Crippen LogP contribution is -2.38. The molecule has 1 aliphatic heterocycles. The lowest BCUT2D eigenvalue weighted by atomic mass is 9.86. The van der Waals surface area contributed by atoms with E-state index in [0.717, 1.165) is 5.56 Å². The van der Waals surface area contributed by atoms with Gasteiger partial charge in [-0.15, -0.1) is 0 Å². The summed E-state index contributed by atoms with van der Waals surface area (Å²) in [6.07, 6.45) is -0.591. The van der Waals surface area contributed by atoms with Gasteiger partial charge in [0.25, 0.3) is 5.91 Å². The van der Waals surface area contributed by atoms with E-state index >= 15 is 0 Å². The summed E-state index contributed by atoms with van der Waals surface area (Å²) in [5, 5.41) is 16.4. The second kappa shape index (κ2) is 9.12. The van der Waals surface area contributed by atoms with Crippen molar-refractivity contribution >= 4 is 12.0 Å². The third-order valence-electron chi connectivity index (χ3n) is 6.01. The number of aromatic nitrogens is 4. The smallest absolute Gasteiger partial charge is 0.407 e. The van der Waals surface area contributed by atoms with Crippen molar-refractivity contribution in [2.24, 2.45) is 5.41 Å². The van der Waals surface area contributed by atoms with Crippen molar-refractivity contribution in [1.29, 1.82) is 0 Å². The molecule has 11 heteroatoms. The van der Waals surface area contributed by atoms with Gasteiger partial charge >= 0.3 is 6.09 Å². The number of nitrogens with one attached hydrogen (secondary N) is 1. The summed E-state index contributed by atoms with van der Waals surface area (Å²) in [5.41, 5.74) is 0.973. The maximum absolute atomic E-state index is 14.9. The fourth-order valence-corrected chi connectivity index (χ4v) is 4.20. The van der Waals surface area contributed by atoms with Crippen molar-refractivity contribution in [1.82, 2.24) is 29.9 Å². The first-order chi connectivity index (χ1) is 16.5. The number of hydrogen-bond donors (Lipinski definition) is 2. The number of amides is 2. The first-order valence-electron chi connectivity index (χ1n) is 11.4. The van der Waals surface area contributed by atoms with Gasteiger partial charge in [0, 0.05) is 13.1 Å². The number of halogens is 1. The summed E-state index contributed by atoms with van der Waals surface area (Å²) in [5.74, 6) is -0.0106. The molecule has 0 aliphatic carbocycles. The third-order valence-corrected chi connectivity index (χ3v) is 6.01. The largest absolute Gasteiger partial charge is 0.465 e. The van der Waals surface area contributed by atoms with Gasteiger partial charge in [0.15, 0.2) is 11.5 Å². The molecule has 3 aromatic rings. The van der Waals surface area contributed by atoms with Crippen LogP contribution in [0.1, 0.15) is 66.7 Å². The SMILES string of the molecule is Cc1ccc(-c2nc(C(=O)N[C@H](c3nc(C)no3)C(C)(C)C)c3n2CCCN(C(=O)O)C3)c(F)c1. The number of rotatable bonds is 4. The minimum atomic E-state index is -1.09. The Kier molecular flexibility index (Phi) is 6.35. The topological polar surface area (TPSA) is 126 Å². The first-order valence-corrected chi connectivity index (χ1v) is 11.4. The van der Waals surface area contributed by atoms with Gasteiger partial charge in [-0.05, 0) is 43.4 Å². The lowest BCUT2D eigenvalue weighted by Gasteiger charge is -2.28. The molecule has 0 saturated heterocycles. The second-order valence-electron chi connectivity index (χ2n) is 9.88. The molecule has 0 spiro atoms. The predicted octanol–water partition coefficient (Wildman–Crippen LogP) is 4.09. The molecule has 186 valence electrons. The van der Waals surface area contributed by atoms with Gasteiger partial charge in [-0.25, -0.2) is 14.2 Å². The van der Waals surface area contributed by atoms with Crippen LogP contribution in [0.15, 0.2) is 22.7 Å². The highest BCUT2D eigenvalue weighted by Gasteiger charge is 2.35. The molecule has 2 N–H and O–H groups in total. The number of carbonyl (C=O) groups is 2. The number of carbonyl (C=O) groups excluding carboxylic acids is 1. The van der Waals surface area contributed by atoms with Crippen LogP contribution in [0.3, 0.4) is 0 Å². The molecular weight excluding hydrogens is 455 g/mol. The molecule has 1 aromatic carbocycles. The summed E-state index contributed by atoms with van der Waals surface area (Å²) in [4.78, 5) is 35.4. The lowest BCUT2D eigenvalue weighted by molar-refractivity contribution is 0.0872. The Morgan fingerprint density at radius 1 is 1.20 bits per heavy atom. The summed E-state index contributed by atoms with van der Waals surface area (Å²) in [7, 11) is 0. The molecular formula is C24H29FN6O4. The fourth-order valence-electron chi connectivity index (χ4n) is 4.20. The van der Waals surface area contributed by atoms with Crippen LogP contribution in [-0.2, 0) is 13.1 Å². The van der Waals surface area contributed by atoms with Crippen molar-refractivity contribution in [2.75, 3.05) is 6.54 Å². The second-order valence-corrected chi connectivity index (χ2v) is 9.88. The number of imidazole rings is 1. The molecule has 0 saturated carbocycles. The van der Waals surface area contributed by atoms with Crippen LogP contribution in [0.25, 0.3) is 11.4 Å². The van der Waals surface area contributed by atoms with E-state index in [1.54, 1.807) is 30.5 Å². The zero-order valence-corrected chi connectivity index (χ0v) is 20.4. The van der Waals surface area contributed by atoms with Crippen LogP contribution >= 0.6 is 0 Å². The average Bonchev–Trinajstić information content (AvgIpc) is 3.26. The molecule has 2 aromatic heterocycles. The Morgan fingerprint density at radius 3 is 2.54 bits per heavy atom. The monoisotopic (exact) mass is 484 g/mol. The van der Waals surface area contributed by atoms with E-state index in [1.165, 1.54) is 11.0 Å². The van der Waals surface area contributed by atoms with Crippen molar-refractivity contribution < 1.29 is 23.6 Å². The van der Waals surface area contributed by atoms with E-state index in [4.69, 9.17) is 4.52 Å². The minimum absolute atomic E-state index is 0.0404. The molecule has 1 aliphatic rings. The van der Waals surface area contributed by atoms with Crippen molar-refractivity contribution in [2.45, 2.75) is 60.2 Å². The molecule has 4 rings (SSSR count). The zero-order chi connectivity index (χ0) is 25.5. The molecule has 0 fully saturated rings. The predicted molar refractivity (Wildman–Crippen MR) is 124 cm³/mol. The summed E-state index contributed by atoms with van der Waals surface area (Å²) >= 11 is 0. The Labute approximate surface area is 202 Å². The summed E-state index contributed by atoms with van der Waals surface area (Å²) in [6.45, 7) is 9.88. The van der Waals surface area contributed by atoms with Crippen LogP contribution in [0.4, 0.5) is 9.18 Å². The van der Waals surface area contributed by atoms with Crippen LogP contribution in [0.5, 0.6) is 0 Å². The Bertz CT molecular complexity index is 1280. The number of carboxylic acid groups (broad SMARTS) is 1. The maximum atomic E-state index is 14.9. The van der Waals surface area contributed by atoms with Crippen molar-refractivity contribution in [3.05, 3.63) is 52.7 Å². The minimum Gasteiger partial charge on any atom is -0.465 e. The standard InChI is InChI=1S/C24H29FN6O4/c1-13-7-8-15(16(25)11-13)20-27-18(17-12-30(23(33)34)9-6-10-31(17)20)21(32)28-19(24(3,4)5)22-26-14(2)29-35-22/h7-8,11,19H,6,9-10,12H2,1-5H3,(H,28,32)(H,33,34)/t19-/m1/s1. The Morgan fingerprint density at radius 2 is 1.94 bits per heavy atom. The highest BCUT2D eigenvalue weighted by molar-refractivity contribution is 5.94. The van der Waals surface area contributed by atoms with Gasteiger partial charge in [-0.2, -0.15) is 4.98 Å². The number of benzene rings is 1. The van der Waals surface area contributed by atoms with Crippen molar-refractivity contribution in [3.63, 3.8) is 0 Å². The Balaban J connectivity index is 1.80. The summed E-state index contributed by atoms with van der Waals surface area (Å²) in [6, 6.07) is 4.17. The molecule has 1 atom stereocenters. The van der Waals surface area contributed by atoms with Gasteiger partial charge in [-0.3, -0.25) is 4.79 Å². The first kappa shape index (κ1) is 24.4. The van der Waals surface area contributed by atoms with E-state index in [9.17, 15) is 19.1 Å².